The standard InChI is InChI=1S/C19H22ClNO6/c1-23-14-10-15(24-2)13(9-12(14)20)21-18(22)8-11-6-16(25-3)19(27-5)17(7-11)26-4/h6-7,9-10H,8H2,1-5H3,(H,21,22). The molecule has 0 unspecified atom stereocenters. The summed E-state index contributed by atoms with van der Waals surface area (Å²) in [6.07, 6.45) is 0.0868. The van der Waals surface area contributed by atoms with E-state index >= 15 is 0 Å². The number of methoxy groups -OCH3 is 5. The Labute approximate surface area is 163 Å². The van der Waals surface area contributed by atoms with Crippen LogP contribution in [0.3, 0.4) is 0 Å². The lowest BCUT2D eigenvalue weighted by Crippen LogP contribution is -2.15. The normalized spacial score (nSPS) is 10.1. The van der Waals surface area contributed by atoms with Crippen LogP contribution in [0.5, 0.6) is 28.7 Å². The second-order valence-electron chi connectivity index (χ2n) is 5.45. The van der Waals surface area contributed by atoms with Crippen LogP contribution in [0.15, 0.2) is 24.3 Å². The van der Waals surface area contributed by atoms with Gasteiger partial charge in [-0.1, -0.05) is 11.6 Å². The van der Waals surface area contributed by atoms with Gasteiger partial charge in [0.05, 0.1) is 52.7 Å². The highest BCUT2D eigenvalue weighted by Crippen LogP contribution is 2.39. The number of amides is 1. The van der Waals surface area contributed by atoms with Crippen molar-refractivity contribution >= 4 is 23.2 Å². The molecule has 0 saturated carbocycles. The molecule has 0 aliphatic heterocycles. The van der Waals surface area contributed by atoms with Gasteiger partial charge in [-0.05, 0) is 23.8 Å². The maximum atomic E-state index is 12.5. The molecule has 0 heterocycles. The van der Waals surface area contributed by atoms with Gasteiger partial charge in [0, 0.05) is 6.07 Å². The van der Waals surface area contributed by atoms with Crippen LogP contribution >= 0.6 is 11.6 Å². The minimum atomic E-state index is -0.260. The predicted octanol–water partition coefficient (Wildman–Crippen LogP) is 3.56. The molecule has 0 fully saturated rings. The molecule has 2 rings (SSSR count). The van der Waals surface area contributed by atoms with E-state index in [2.05, 4.69) is 5.32 Å². The van der Waals surface area contributed by atoms with E-state index in [-0.39, 0.29) is 12.3 Å². The highest BCUT2D eigenvalue weighted by Gasteiger charge is 2.17. The lowest BCUT2D eigenvalue weighted by molar-refractivity contribution is -0.115. The minimum Gasteiger partial charge on any atom is -0.495 e. The molecule has 0 aromatic heterocycles. The highest BCUT2D eigenvalue weighted by atomic mass is 35.5. The third-order valence-corrected chi connectivity index (χ3v) is 4.13. The number of ether oxygens (including phenoxy) is 5. The number of carbonyl (C=O) groups is 1. The number of anilines is 1. The summed E-state index contributed by atoms with van der Waals surface area (Å²) >= 11 is 6.14. The molecule has 0 bridgehead atoms. The molecule has 1 amide bonds. The molecule has 7 nitrogen and oxygen atoms in total. The summed E-state index contributed by atoms with van der Waals surface area (Å²) < 4.78 is 26.3. The van der Waals surface area contributed by atoms with Crippen molar-refractivity contribution < 1.29 is 28.5 Å². The molecule has 8 heteroatoms. The highest BCUT2D eigenvalue weighted by molar-refractivity contribution is 6.32. The third-order valence-electron chi connectivity index (χ3n) is 3.84. The first-order valence-electron chi connectivity index (χ1n) is 7.97. The predicted molar refractivity (Wildman–Crippen MR) is 103 cm³/mol. The summed E-state index contributed by atoms with van der Waals surface area (Å²) in [5.74, 6) is 2.05. The van der Waals surface area contributed by atoms with Gasteiger partial charge in [-0.15, -0.1) is 0 Å². The van der Waals surface area contributed by atoms with Crippen LogP contribution in [0, 0.1) is 0 Å². The monoisotopic (exact) mass is 395 g/mol. The van der Waals surface area contributed by atoms with Crippen LogP contribution in [-0.4, -0.2) is 41.5 Å². The maximum absolute atomic E-state index is 12.5. The maximum Gasteiger partial charge on any atom is 0.228 e. The number of carbonyl (C=O) groups excluding carboxylic acids is 1. The van der Waals surface area contributed by atoms with E-state index in [1.54, 1.807) is 24.3 Å². The molecule has 0 aliphatic carbocycles. The Morgan fingerprint density at radius 2 is 1.37 bits per heavy atom. The van der Waals surface area contributed by atoms with E-state index in [0.717, 1.165) is 0 Å². The summed E-state index contributed by atoms with van der Waals surface area (Å²) in [6, 6.07) is 6.63. The molecule has 0 atom stereocenters. The summed E-state index contributed by atoms with van der Waals surface area (Å²) in [4.78, 5) is 12.5. The fourth-order valence-corrected chi connectivity index (χ4v) is 2.82. The first-order valence-corrected chi connectivity index (χ1v) is 8.35. The molecule has 2 aromatic rings. The largest absolute Gasteiger partial charge is 0.495 e. The van der Waals surface area contributed by atoms with Gasteiger partial charge in [0.15, 0.2) is 11.5 Å². The second-order valence-corrected chi connectivity index (χ2v) is 5.85. The Balaban J connectivity index is 2.25. The van der Waals surface area contributed by atoms with Crippen molar-refractivity contribution in [3.05, 3.63) is 34.9 Å². The Morgan fingerprint density at radius 1 is 0.815 bits per heavy atom. The lowest BCUT2D eigenvalue weighted by atomic mass is 10.1. The number of halogens is 1. The van der Waals surface area contributed by atoms with Crippen LogP contribution in [0.2, 0.25) is 5.02 Å². The molecular weight excluding hydrogens is 374 g/mol. The zero-order chi connectivity index (χ0) is 20.0. The van der Waals surface area contributed by atoms with E-state index in [4.69, 9.17) is 35.3 Å². The molecule has 0 spiro atoms. The van der Waals surface area contributed by atoms with E-state index < -0.39 is 0 Å². The van der Waals surface area contributed by atoms with Gasteiger partial charge in [0.25, 0.3) is 0 Å². The number of nitrogens with one attached hydrogen (secondary N) is 1. The molecule has 0 radical (unpaired) electrons. The molecule has 146 valence electrons. The van der Waals surface area contributed by atoms with Crippen LogP contribution in [0.1, 0.15) is 5.56 Å². The van der Waals surface area contributed by atoms with Gasteiger partial charge in [0.1, 0.15) is 11.5 Å². The van der Waals surface area contributed by atoms with Crippen molar-refractivity contribution in [1.82, 2.24) is 0 Å². The van der Waals surface area contributed by atoms with E-state index in [0.29, 0.717) is 45.0 Å². The van der Waals surface area contributed by atoms with Crippen LogP contribution < -0.4 is 29.0 Å². The Hall–Kier alpha value is -2.80. The van der Waals surface area contributed by atoms with Gasteiger partial charge in [-0.3, -0.25) is 4.79 Å². The number of hydrogen-bond donors (Lipinski definition) is 1. The Bertz CT molecular complexity index is 799. The zero-order valence-corrected chi connectivity index (χ0v) is 16.6. The average Bonchev–Trinajstić information content (AvgIpc) is 2.67. The lowest BCUT2D eigenvalue weighted by Gasteiger charge is -2.15. The van der Waals surface area contributed by atoms with Crippen LogP contribution in [-0.2, 0) is 11.2 Å². The summed E-state index contributed by atoms with van der Waals surface area (Å²) in [5.41, 5.74) is 1.14. The SMILES string of the molecule is COc1cc(OC)c(NC(=O)Cc2cc(OC)c(OC)c(OC)c2)cc1Cl. The number of rotatable bonds is 8. The first kappa shape index (κ1) is 20.5. The van der Waals surface area contributed by atoms with Crippen molar-refractivity contribution in [1.29, 1.82) is 0 Å². The van der Waals surface area contributed by atoms with Crippen molar-refractivity contribution in [3.8, 4) is 28.7 Å². The van der Waals surface area contributed by atoms with Crippen LogP contribution in [0.4, 0.5) is 5.69 Å². The number of hydrogen-bond acceptors (Lipinski definition) is 6. The summed E-state index contributed by atoms with van der Waals surface area (Å²) in [6.45, 7) is 0. The van der Waals surface area contributed by atoms with Crippen molar-refractivity contribution in [2.45, 2.75) is 6.42 Å². The third kappa shape index (κ3) is 4.68. The Morgan fingerprint density at radius 3 is 1.85 bits per heavy atom. The fraction of sp³-hybridized carbons (Fsp3) is 0.316. The van der Waals surface area contributed by atoms with Gasteiger partial charge in [0.2, 0.25) is 11.7 Å². The second kappa shape index (κ2) is 9.23. The topological polar surface area (TPSA) is 75.3 Å². The van der Waals surface area contributed by atoms with Gasteiger partial charge < -0.3 is 29.0 Å². The molecule has 27 heavy (non-hydrogen) atoms. The smallest absolute Gasteiger partial charge is 0.228 e. The molecule has 2 aromatic carbocycles. The van der Waals surface area contributed by atoms with Crippen molar-refractivity contribution in [2.75, 3.05) is 40.9 Å². The van der Waals surface area contributed by atoms with Gasteiger partial charge in [-0.25, -0.2) is 0 Å². The number of benzene rings is 2. The van der Waals surface area contributed by atoms with Gasteiger partial charge >= 0.3 is 0 Å². The fourth-order valence-electron chi connectivity index (χ4n) is 2.57. The summed E-state index contributed by atoms with van der Waals surface area (Å²) in [5, 5.41) is 3.15. The molecular formula is C19H22ClNO6. The molecule has 0 aliphatic rings. The zero-order valence-electron chi connectivity index (χ0n) is 15.8. The quantitative estimate of drug-likeness (QED) is 0.736. The Kier molecular flexibility index (Phi) is 7.01. The molecule has 1 N–H and O–H groups in total. The van der Waals surface area contributed by atoms with E-state index in [1.165, 1.54) is 35.5 Å². The minimum absolute atomic E-state index is 0.0868. The van der Waals surface area contributed by atoms with E-state index in [1.807, 2.05) is 0 Å². The molecule has 0 saturated heterocycles. The van der Waals surface area contributed by atoms with Crippen molar-refractivity contribution in [3.63, 3.8) is 0 Å². The average molecular weight is 396 g/mol. The van der Waals surface area contributed by atoms with Crippen LogP contribution in [0.25, 0.3) is 0 Å². The van der Waals surface area contributed by atoms with Gasteiger partial charge in [-0.2, -0.15) is 0 Å². The van der Waals surface area contributed by atoms with E-state index in [9.17, 15) is 4.79 Å². The summed E-state index contributed by atoms with van der Waals surface area (Å²) in [7, 11) is 7.56. The van der Waals surface area contributed by atoms with Crippen molar-refractivity contribution in [2.24, 2.45) is 0 Å². The first-order chi connectivity index (χ1) is 13.0.